The lowest BCUT2D eigenvalue weighted by Gasteiger charge is -2.24. The van der Waals surface area contributed by atoms with E-state index in [0.29, 0.717) is 12.5 Å². The van der Waals surface area contributed by atoms with Crippen LogP contribution in [0.15, 0.2) is 24.3 Å². The summed E-state index contributed by atoms with van der Waals surface area (Å²) in [5.41, 5.74) is 7.94. The number of nitrogens with two attached hydrogens (primary N) is 1. The van der Waals surface area contributed by atoms with E-state index in [4.69, 9.17) is 5.73 Å². The summed E-state index contributed by atoms with van der Waals surface area (Å²) < 4.78 is 0. The van der Waals surface area contributed by atoms with Crippen molar-refractivity contribution in [1.29, 1.82) is 0 Å². The van der Waals surface area contributed by atoms with Gasteiger partial charge in [0.15, 0.2) is 0 Å². The van der Waals surface area contributed by atoms with Gasteiger partial charge in [-0.2, -0.15) is 0 Å². The smallest absolute Gasteiger partial charge is 0.235 e. The van der Waals surface area contributed by atoms with Crippen LogP contribution in [0.2, 0.25) is 0 Å². The highest BCUT2D eigenvalue weighted by Crippen LogP contribution is 2.15. The molecule has 0 saturated heterocycles. The van der Waals surface area contributed by atoms with Crippen molar-refractivity contribution in [3.8, 4) is 0 Å². The van der Waals surface area contributed by atoms with E-state index in [0.717, 1.165) is 17.7 Å². The van der Waals surface area contributed by atoms with Crippen LogP contribution in [0.3, 0.4) is 0 Å². The number of rotatable bonds is 9. The number of nitrogens with one attached hydrogen (secondary N) is 1. The molecule has 0 bridgehead atoms. The highest BCUT2D eigenvalue weighted by atomic mass is 35.5. The summed E-state index contributed by atoms with van der Waals surface area (Å²) in [5, 5.41) is 2.58. The second kappa shape index (κ2) is 12.2. The maximum Gasteiger partial charge on any atom is 0.235 e. The van der Waals surface area contributed by atoms with Crippen molar-refractivity contribution in [3.05, 3.63) is 29.8 Å². The molecule has 0 aliphatic carbocycles. The SMILES string of the molecule is Cc1ccc(NC(=O)CSC(C)C(=O)N(C)CCC(N)C(C)C)cc1.Cl. The second-order valence-electron chi connectivity index (χ2n) is 6.82. The Morgan fingerprint density at radius 2 is 1.77 bits per heavy atom. The van der Waals surface area contributed by atoms with Crippen molar-refractivity contribution >= 4 is 41.7 Å². The average molecular weight is 402 g/mol. The molecule has 2 unspecified atom stereocenters. The largest absolute Gasteiger partial charge is 0.345 e. The van der Waals surface area contributed by atoms with E-state index in [2.05, 4.69) is 19.2 Å². The molecular weight excluding hydrogens is 370 g/mol. The molecule has 1 rings (SSSR count). The van der Waals surface area contributed by atoms with Gasteiger partial charge in [0.2, 0.25) is 11.8 Å². The first kappa shape index (κ1) is 24.8. The zero-order chi connectivity index (χ0) is 19.0. The van der Waals surface area contributed by atoms with Crippen molar-refractivity contribution in [2.75, 3.05) is 24.7 Å². The number of carbonyl (C=O) groups excluding carboxylic acids is 2. The van der Waals surface area contributed by atoms with Crippen molar-refractivity contribution in [2.45, 2.75) is 45.4 Å². The number of carbonyl (C=O) groups is 2. The van der Waals surface area contributed by atoms with Crippen LogP contribution in [0.4, 0.5) is 5.69 Å². The Kier molecular flexibility index (Phi) is 11.6. The monoisotopic (exact) mass is 401 g/mol. The Bertz CT molecular complexity index is 566. The predicted octanol–water partition coefficient (Wildman–Crippen LogP) is 3.31. The van der Waals surface area contributed by atoms with Gasteiger partial charge in [0.05, 0.1) is 11.0 Å². The van der Waals surface area contributed by atoms with E-state index in [-0.39, 0.29) is 41.3 Å². The van der Waals surface area contributed by atoms with Crippen molar-refractivity contribution < 1.29 is 9.59 Å². The molecule has 5 nitrogen and oxygen atoms in total. The number of aryl methyl sites for hydroxylation is 1. The summed E-state index contributed by atoms with van der Waals surface area (Å²) in [4.78, 5) is 26.1. The van der Waals surface area contributed by atoms with Gasteiger partial charge in [-0.1, -0.05) is 31.5 Å². The molecule has 0 saturated carbocycles. The average Bonchev–Trinajstić information content (AvgIpc) is 2.58. The third kappa shape index (κ3) is 8.92. The predicted molar refractivity (Wildman–Crippen MR) is 114 cm³/mol. The van der Waals surface area contributed by atoms with Crippen LogP contribution in [0.1, 0.15) is 32.8 Å². The molecule has 0 spiro atoms. The van der Waals surface area contributed by atoms with Gasteiger partial charge in [0.1, 0.15) is 0 Å². The Balaban J connectivity index is 0.00000625. The van der Waals surface area contributed by atoms with E-state index in [1.807, 2.05) is 38.1 Å². The number of thioether (sulfide) groups is 1. The molecule has 0 aliphatic rings. The van der Waals surface area contributed by atoms with Crippen LogP contribution in [0, 0.1) is 12.8 Å². The maximum atomic E-state index is 12.4. The fourth-order valence-electron chi connectivity index (χ4n) is 2.20. The zero-order valence-electron chi connectivity index (χ0n) is 16.3. The van der Waals surface area contributed by atoms with E-state index in [1.54, 1.807) is 11.9 Å². The summed E-state index contributed by atoms with van der Waals surface area (Å²) in [6.45, 7) is 8.64. The minimum absolute atomic E-state index is 0. The third-order valence-electron chi connectivity index (χ3n) is 4.18. The van der Waals surface area contributed by atoms with Crippen LogP contribution in [0.5, 0.6) is 0 Å². The lowest BCUT2D eigenvalue weighted by Crippen LogP contribution is -2.38. The number of anilines is 1. The molecule has 1 aromatic rings. The van der Waals surface area contributed by atoms with Crippen molar-refractivity contribution in [2.24, 2.45) is 11.7 Å². The van der Waals surface area contributed by atoms with E-state index in [1.165, 1.54) is 11.8 Å². The number of hydrogen-bond acceptors (Lipinski definition) is 4. The maximum absolute atomic E-state index is 12.4. The molecule has 0 aliphatic heterocycles. The standard InChI is InChI=1S/C19H31N3O2S.ClH/c1-13(2)17(20)10-11-22(5)19(24)15(4)25-12-18(23)21-16-8-6-14(3)7-9-16;/h6-9,13,15,17H,10-12,20H2,1-5H3,(H,21,23);1H. The first-order valence-corrected chi connectivity index (χ1v) is 9.74. The van der Waals surface area contributed by atoms with E-state index >= 15 is 0 Å². The van der Waals surface area contributed by atoms with E-state index in [9.17, 15) is 9.59 Å². The quantitative estimate of drug-likeness (QED) is 0.665. The summed E-state index contributed by atoms with van der Waals surface area (Å²) in [7, 11) is 1.79. The van der Waals surface area contributed by atoms with Crippen LogP contribution >= 0.6 is 24.2 Å². The molecule has 0 aromatic heterocycles. The molecule has 2 atom stereocenters. The van der Waals surface area contributed by atoms with Crippen molar-refractivity contribution in [3.63, 3.8) is 0 Å². The van der Waals surface area contributed by atoms with E-state index < -0.39 is 0 Å². The number of hydrogen-bond donors (Lipinski definition) is 2. The van der Waals surface area contributed by atoms with Crippen LogP contribution in [-0.2, 0) is 9.59 Å². The van der Waals surface area contributed by atoms with Gasteiger partial charge >= 0.3 is 0 Å². The summed E-state index contributed by atoms with van der Waals surface area (Å²) in [6, 6.07) is 7.74. The zero-order valence-corrected chi connectivity index (χ0v) is 18.0. The van der Waals surface area contributed by atoms with Crippen molar-refractivity contribution in [1.82, 2.24) is 4.90 Å². The molecular formula is C19H32ClN3O2S. The summed E-state index contributed by atoms with van der Waals surface area (Å²) in [6.07, 6.45) is 0.783. The van der Waals surface area contributed by atoms with Gasteiger partial charge in [0.25, 0.3) is 0 Å². The Hall–Kier alpha value is -1.24. The molecule has 2 amide bonds. The summed E-state index contributed by atoms with van der Waals surface area (Å²) >= 11 is 1.35. The number of halogens is 1. The second-order valence-corrected chi connectivity index (χ2v) is 8.15. The van der Waals surface area contributed by atoms with Crippen LogP contribution in [0.25, 0.3) is 0 Å². The summed E-state index contributed by atoms with van der Waals surface area (Å²) in [5.74, 6) is 0.586. The Morgan fingerprint density at radius 1 is 1.19 bits per heavy atom. The number of nitrogens with zero attached hydrogens (tertiary/aromatic N) is 1. The first-order chi connectivity index (χ1) is 11.7. The van der Waals surface area contributed by atoms with Crippen LogP contribution < -0.4 is 11.1 Å². The number of benzene rings is 1. The fourth-order valence-corrected chi connectivity index (χ4v) is 3.00. The highest BCUT2D eigenvalue weighted by Gasteiger charge is 2.20. The molecule has 7 heteroatoms. The lowest BCUT2D eigenvalue weighted by atomic mass is 10.0. The Morgan fingerprint density at radius 3 is 2.31 bits per heavy atom. The first-order valence-electron chi connectivity index (χ1n) is 8.69. The molecule has 26 heavy (non-hydrogen) atoms. The molecule has 0 radical (unpaired) electrons. The van der Waals surface area contributed by atoms with Gasteiger partial charge in [-0.3, -0.25) is 9.59 Å². The number of amides is 2. The molecule has 3 N–H and O–H groups in total. The van der Waals surface area contributed by atoms with Gasteiger partial charge < -0.3 is 16.0 Å². The minimum atomic E-state index is -0.260. The van der Waals surface area contributed by atoms with Gasteiger partial charge in [0, 0.05) is 25.3 Å². The van der Waals surface area contributed by atoms with Crippen LogP contribution in [-0.4, -0.2) is 47.4 Å². The molecule has 148 valence electrons. The molecule has 1 aromatic carbocycles. The fraction of sp³-hybridized carbons (Fsp3) is 0.579. The third-order valence-corrected chi connectivity index (χ3v) is 5.31. The topological polar surface area (TPSA) is 75.4 Å². The van der Waals surface area contributed by atoms with Gasteiger partial charge in [-0.15, -0.1) is 24.2 Å². The molecule has 0 heterocycles. The molecule has 0 fully saturated rings. The van der Waals surface area contributed by atoms with Gasteiger partial charge in [-0.25, -0.2) is 0 Å². The Labute approximate surface area is 167 Å². The lowest BCUT2D eigenvalue weighted by molar-refractivity contribution is -0.129. The highest BCUT2D eigenvalue weighted by molar-refractivity contribution is 8.01. The minimum Gasteiger partial charge on any atom is -0.345 e. The van der Waals surface area contributed by atoms with Gasteiger partial charge in [-0.05, 0) is 38.3 Å². The normalized spacial score (nSPS) is 12.9.